The van der Waals surface area contributed by atoms with E-state index in [2.05, 4.69) is 15.6 Å². The molecule has 1 heterocycles. The first-order valence-corrected chi connectivity index (χ1v) is 9.81. The molecule has 0 fully saturated rings. The van der Waals surface area contributed by atoms with Crippen molar-refractivity contribution in [3.05, 3.63) is 46.0 Å². The number of nitrogens with zero attached hydrogens (tertiary/aromatic N) is 1. The topological polar surface area (TPSA) is 116 Å². The molecule has 8 nitrogen and oxygen atoms in total. The molecule has 0 aliphatic carbocycles. The molecular formula is C19H26N4O4S. The highest BCUT2D eigenvalue weighted by molar-refractivity contribution is 7.15. The Morgan fingerprint density at radius 1 is 1.11 bits per heavy atom. The van der Waals surface area contributed by atoms with Gasteiger partial charge in [-0.2, -0.15) is 0 Å². The van der Waals surface area contributed by atoms with Crippen LogP contribution in [-0.2, 0) is 9.47 Å². The molecule has 0 saturated heterocycles. The van der Waals surface area contributed by atoms with Gasteiger partial charge in [0.1, 0.15) is 0 Å². The number of hydrogen-bond donors (Lipinski definition) is 3. The van der Waals surface area contributed by atoms with Crippen molar-refractivity contribution in [2.75, 3.05) is 44.8 Å². The molecule has 9 heteroatoms. The predicted octanol–water partition coefficient (Wildman–Crippen LogP) is 1.73. The third-order valence-corrected chi connectivity index (χ3v) is 4.57. The first-order chi connectivity index (χ1) is 13.5. The van der Waals surface area contributed by atoms with Crippen molar-refractivity contribution < 1.29 is 19.1 Å². The number of ether oxygens (including phenoxy) is 2. The number of benzene rings is 1. The van der Waals surface area contributed by atoms with Gasteiger partial charge in [0.05, 0.1) is 26.4 Å². The normalized spacial score (nSPS) is 10.7. The molecule has 0 aliphatic rings. The Balaban J connectivity index is 1.79. The van der Waals surface area contributed by atoms with Crippen molar-refractivity contribution in [3.8, 4) is 0 Å². The van der Waals surface area contributed by atoms with Gasteiger partial charge in [-0.25, -0.2) is 4.98 Å². The van der Waals surface area contributed by atoms with Gasteiger partial charge in [0.2, 0.25) is 0 Å². The van der Waals surface area contributed by atoms with Crippen LogP contribution in [0.25, 0.3) is 0 Å². The lowest BCUT2D eigenvalue weighted by Crippen LogP contribution is -2.28. The zero-order valence-electron chi connectivity index (χ0n) is 16.1. The molecule has 0 unspecified atom stereocenters. The van der Waals surface area contributed by atoms with Gasteiger partial charge in [-0.3, -0.25) is 14.9 Å². The minimum absolute atomic E-state index is 0.214. The van der Waals surface area contributed by atoms with Crippen LogP contribution in [0.1, 0.15) is 31.2 Å². The number of amides is 2. The third kappa shape index (κ3) is 7.01. The van der Waals surface area contributed by atoms with Crippen LogP contribution in [0.3, 0.4) is 0 Å². The number of aryl methyl sites for hydroxylation is 2. The minimum Gasteiger partial charge on any atom is -0.378 e. The van der Waals surface area contributed by atoms with Crippen LogP contribution in [0.2, 0.25) is 0 Å². The number of carbonyl (C=O) groups is 2. The molecule has 0 spiro atoms. The van der Waals surface area contributed by atoms with Gasteiger partial charge >= 0.3 is 0 Å². The number of hydrogen-bond acceptors (Lipinski definition) is 7. The molecule has 0 bridgehead atoms. The summed E-state index contributed by atoms with van der Waals surface area (Å²) in [7, 11) is 0. The maximum atomic E-state index is 12.4. The summed E-state index contributed by atoms with van der Waals surface area (Å²) in [6.45, 7) is 6.43. The van der Waals surface area contributed by atoms with Crippen molar-refractivity contribution in [3.63, 3.8) is 0 Å². The summed E-state index contributed by atoms with van der Waals surface area (Å²) < 4.78 is 10.5. The molecular weight excluding hydrogens is 380 g/mol. The highest BCUT2D eigenvalue weighted by Gasteiger charge is 2.13. The smallest absolute Gasteiger partial charge is 0.257 e. The summed E-state index contributed by atoms with van der Waals surface area (Å²) in [6, 6.07) is 4.97. The van der Waals surface area contributed by atoms with E-state index in [0.29, 0.717) is 61.3 Å². The van der Waals surface area contributed by atoms with Crippen molar-refractivity contribution in [2.45, 2.75) is 13.8 Å². The monoisotopic (exact) mass is 406 g/mol. The molecule has 0 saturated carbocycles. The van der Waals surface area contributed by atoms with Gasteiger partial charge in [-0.1, -0.05) is 0 Å². The fourth-order valence-corrected chi connectivity index (χ4v) is 3.04. The maximum absolute atomic E-state index is 12.4. The lowest BCUT2D eigenvalue weighted by atomic mass is 10.0. The molecule has 0 atom stereocenters. The van der Waals surface area contributed by atoms with Gasteiger partial charge in [-0.05, 0) is 37.6 Å². The third-order valence-electron chi connectivity index (χ3n) is 3.74. The Kier molecular flexibility index (Phi) is 9.02. The summed E-state index contributed by atoms with van der Waals surface area (Å²) >= 11 is 1.41. The number of anilines is 1. The van der Waals surface area contributed by atoms with E-state index in [1.54, 1.807) is 31.3 Å². The first kappa shape index (κ1) is 22.0. The summed E-state index contributed by atoms with van der Waals surface area (Å²) in [6.07, 6.45) is 1.71. The molecule has 1 aromatic carbocycles. The Morgan fingerprint density at radius 3 is 2.50 bits per heavy atom. The van der Waals surface area contributed by atoms with E-state index in [-0.39, 0.29) is 11.8 Å². The Labute approximate surface area is 168 Å². The Hall–Kier alpha value is -2.33. The van der Waals surface area contributed by atoms with Crippen LogP contribution in [0, 0.1) is 13.8 Å². The summed E-state index contributed by atoms with van der Waals surface area (Å²) in [5.41, 5.74) is 7.02. The fourth-order valence-electron chi connectivity index (χ4n) is 2.38. The average molecular weight is 407 g/mol. The minimum atomic E-state index is -0.246. The fraction of sp³-hybridized carbons (Fsp3) is 0.421. The van der Waals surface area contributed by atoms with Crippen molar-refractivity contribution >= 4 is 28.3 Å². The first-order valence-electron chi connectivity index (χ1n) is 8.99. The van der Waals surface area contributed by atoms with E-state index < -0.39 is 0 Å². The molecule has 2 amide bonds. The average Bonchev–Trinajstić information content (AvgIpc) is 3.08. The van der Waals surface area contributed by atoms with Crippen LogP contribution in [0.4, 0.5) is 5.13 Å². The second-order valence-electron chi connectivity index (χ2n) is 6.03. The molecule has 0 aliphatic heterocycles. The zero-order chi connectivity index (χ0) is 20.4. The molecule has 1 aromatic heterocycles. The highest BCUT2D eigenvalue weighted by atomic mass is 32.1. The van der Waals surface area contributed by atoms with Crippen LogP contribution in [-0.4, -0.2) is 56.3 Å². The van der Waals surface area contributed by atoms with E-state index in [0.717, 1.165) is 4.88 Å². The summed E-state index contributed by atoms with van der Waals surface area (Å²) in [4.78, 5) is 29.8. The Bertz CT molecular complexity index is 794. The second kappa shape index (κ2) is 11.5. The van der Waals surface area contributed by atoms with Crippen molar-refractivity contribution in [1.29, 1.82) is 0 Å². The van der Waals surface area contributed by atoms with E-state index in [1.165, 1.54) is 11.3 Å². The van der Waals surface area contributed by atoms with Crippen LogP contribution in [0.15, 0.2) is 24.4 Å². The van der Waals surface area contributed by atoms with Gasteiger partial charge in [-0.15, -0.1) is 11.3 Å². The number of nitrogens with two attached hydrogens (primary N) is 1. The number of rotatable bonds is 11. The lowest BCUT2D eigenvalue weighted by molar-refractivity contribution is 0.0511. The zero-order valence-corrected chi connectivity index (χ0v) is 16.9. The van der Waals surface area contributed by atoms with E-state index in [9.17, 15) is 9.59 Å². The molecule has 4 N–H and O–H groups in total. The standard InChI is InChI=1S/C19H26N4O4S/c1-13-11-15(17(24)21-6-8-27-10-9-26-7-5-20)3-4-16(13)18(25)23-19-22-12-14(2)28-19/h3-4,11-12H,5-10,20H2,1-2H3,(H,21,24)(H,22,23,25). The summed E-state index contributed by atoms with van der Waals surface area (Å²) in [5, 5.41) is 6.11. The lowest BCUT2D eigenvalue weighted by Gasteiger charge is -2.09. The number of nitrogens with one attached hydrogen (secondary N) is 2. The maximum Gasteiger partial charge on any atom is 0.257 e. The highest BCUT2D eigenvalue weighted by Crippen LogP contribution is 2.19. The molecule has 28 heavy (non-hydrogen) atoms. The Morgan fingerprint density at radius 2 is 1.86 bits per heavy atom. The SMILES string of the molecule is Cc1cnc(NC(=O)c2ccc(C(=O)NCCOCCOCCN)cc2C)s1. The van der Waals surface area contributed by atoms with Crippen LogP contribution >= 0.6 is 11.3 Å². The van der Waals surface area contributed by atoms with Gasteiger partial charge in [0.15, 0.2) is 5.13 Å². The quantitative estimate of drug-likeness (QED) is 0.490. The number of carbonyl (C=O) groups excluding carboxylic acids is 2. The van der Waals surface area contributed by atoms with Crippen molar-refractivity contribution in [1.82, 2.24) is 10.3 Å². The number of thiazole rings is 1. The van der Waals surface area contributed by atoms with Crippen LogP contribution < -0.4 is 16.4 Å². The van der Waals surface area contributed by atoms with Crippen LogP contribution in [0.5, 0.6) is 0 Å². The van der Waals surface area contributed by atoms with Gasteiger partial charge < -0.3 is 20.5 Å². The predicted molar refractivity (Wildman–Crippen MR) is 109 cm³/mol. The molecule has 0 radical (unpaired) electrons. The van der Waals surface area contributed by atoms with E-state index in [1.807, 2.05) is 6.92 Å². The second-order valence-corrected chi connectivity index (χ2v) is 7.26. The van der Waals surface area contributed by atoms with Gasteiger partial charge in [0.25, 0.3) is 11.8 Å². The molecule has 2 aromatic rings. The van der Waals surface area contributed by atoms with E-state index in [4.69, 9.17) is 15.2 Å². The summed E-state index contributed by atoms with van der Waals surface area (Å²) in [5.74, 6) is -0.461. The molecule has 2 rings (SSSR count). The molecule has 152 valence electrons. The number of aromatic nitrogens is 1. The van der Waals surface area contributed by atoms with Gasteiger partial charge in [0, 0.05) is 35.3 Å². The van der Waals surface area contributed by atoms with Crippen molar-refractivity contribution in [2.24, 2.45) is 5.73 Å². The largest absolute Gasteiger partial charge is 0.378 e. The van der Waals surface area contributed by atoms with E-state index >= 15 is 0 Å².